The summed E-state index contributed by atoms with van der Waals surface area (Å²) in [6, 6.07) is 10.3. The fourth-order valence-electron chi connectivity index (χ4n) is 2.22. The van der Waals surface area contributed by atoms with Gasteiger partial charge in [0.05, 0.1) is 0 Å². The number of halogens is 2. The average Bonchev–Trinajstić information content (AvgIpc) is 2.60. The van der Waals surface area contributed by atoms with E-state index in [0.29, 0.717) is 11.6 Å². The lowest BCUT2D eigenvalue weighted by molar-refractivity contribution is -0.119. The Labute approximate surface area is 144 Å². The number of ether oxygens (including phenoxy) is 1. The predicted octanol–water partition coefficient (Wildman–Crippen LogP) is 4.27. The Bertz CT molecular complexity index is 740. The van der Waals surface area contributed by atoms with Gasteiger partial charge < -0.3 is 10.1 Å². The minimum absolute atomic E-state index is 0.418. The topological polar surface area (TPSA) is 55.4 Å². The quantitative estimate of drug-likeness (QED) is 0.794. The molecule has 0 radical (unpaired) electrons. The van der Waals surface area contributed by atoms with Crippen LogP contribution < -0.4 is 5.32 Å². The smallest absolute Gasteiger partial charge is 0.344 e. The third-order valence-corrected chi connectivity index (χ3v) is 3.88. The van der Waals surface area contributed by atoms with Gasteiger partial charge in [0, 0.05) is 5.69 Å². The molecule has 1 unspecified atom stereocenters. The van der Waals surface area contributed by atoms with Gasteiger partial charge in [0.2, 0.25) is 0 Å². The molecule has 1 amide bonds. The molecule has 0 saturated heterocycles. The second kappa shape index (κ2) is 8.37. The Morgan fingerprint density at radius 1 is 1.08 bits per heavy atom. The van der Waals surface area contributed by atoms with E-state index in [2.05, 4.69) is 23.9 Å². The van der Waals surface area contributed by atoms with Gasteiger partial charge >= 0.3 is 5.97 Å². The number of anilines is 1. The first-order valence-corrected chi connectivity index (χ1v) is 7.93. The van der Waals surface area contributed by atoms with E-state index >= 15 is 0 Å². The summed E-state index contributed by atoms with van der Waals surface area (Å²) in [6.45, 7) is 3.56. The van der Waals surface area contributed by atoms with Gasteiger partial charge in [-0.15, -0.1) is 0 Å². The summed E-state index contributed by atoms with van der Waals surface area (Å²) in [6.07, 6.45) is 1.01. The van der Waals surface area contributed by atoms with E-state index in [4.69, 9.17) is 0 Å². The van der Waals surface area contributed by atoms with Gasteiger partial charge in [-0.2, -0.15) is 0 Å². The molecule has 1 N–H and O–H groups in total. The van der Waals surface area contributed by atoms with Crippen LogP contribution in [-0.2, 0) is 9.53 Å². The molecule has 0 fully saturated rings. The zero-order chi connectivity index (χ0) is 18.4. The zero-order valence-corrected chi connectivity index (χ0v) is 14.0. The maximum Gasteiger partial charge on any atom is 0.344 e. The van der Waals surface area contributed by atoms with E-state index in [-0.39, 0.29) is 0 Å². The molecule has 1 atom stereocenters. The third-order valence-electron chi connectivity index (χ3n) is 3.88. The van der Waals surface area contributed by atoms with Crippen LogP contribution in [0.15, 0.2) is 42.5 Å². The molecule has 0 aliphatic heterocycles. The Morgan fingerprint density at radius 3 is 2.24 bits per heavy atom. The van der Waals surface area contributed by atoms with Gasteiger partial charge in [0.25, 0.3) is 5.91 Å². The van der Waals surface area contributed by atoms with Crippen LogP contribution in [0.1, 0.15) is 42.1 Å². The first-order valence-electron chi connectivity index (χ1n) is 7.93. The fraction of sp³-hybridized carbons (Fsp3) is 0.263. The summed E-state index contributed by atoms with van der Waals surface area (Å²) >= 11 is 0. The molecule has 2 rings (SSSR count). The number of rotatable bonds is 6. The summed E-state index contributed by atoms with van der Waals surface area (Å²) in [5.74, 6) is -3.47. The van der Waals surface area contributed by atoms with Gasteiger partial charge in [-0.25, -0.2) is 13.6 Å². The van der Waals surface area contributed by atoms with Crippen molar-refractivity contribution in [1.29, 1.82) is 0 Å². The molecule has 4 nitrogen and oxygen atoms in total. The van der Waals surface area contributed by atoms with Gasteiger partial charge in [0.15, 0.2) is 6.61 Å². The predicted molar refractivity (Wildman–Crippen MR) is 90.4 cm³/mol. The number of benzene rings is 2. The molecule has 0 aliphatic rings. The standard InChI is InChI=1S/C19H19F2NO3/c1-3-12(2)13-7-9-14(10-8-13)22-17(23)11-25-19(24)18-15(20)5-4-6-16(18)21/h4-10,12H,3,11H2,1-2H3,(H,22,23). The van der Waals surface area contributed by atoms with E-state index < -0.39 is 35.7 Å². The fourth-order valence-corrected chi connectivity index (χ4v) is 2.22. The lowest BCUT2D eigenvalue weighted by Gasteiger charge is -2.11. The molecule has 0 heterocycles. The number of nitrogens with one attached hydrogen (secondary N) is 1. The molecule has 0 aliphatic carbocycles. The van der Waals surface area contributed by atoms with Crippen molar-refractivity contribution in [1.82, 2.24) is 0 Å². The molecule has 2 aromatic carbocycles. The number of hydrogen-bond acceptors (Lipinski definition) is 3. The van der Waals surface area contributed by atoms with E-state index in [9.17, 15) is 18.4 Å². The van der Waals surface area contributed by atoms with E-state index in [1.54, 1.807) is 12.1 Å². The molecule has 0 spiro atoms. The highest BCUT2D eigenvalue weighted by Crippen LogP contribution is 2.20. The maximum atomic E-state index is 13.5. The first kappa shape index (κ1) is 18.6. The molecular formula is C19H19F2NO3. The van der Waals surface area contributed by atoms with Crippen molar-refractivity contribution in [2.75, 3.05) is 11.9 Å². The van der Waals surface area contributed by atoms with Crippen molar-refractivity contribution in [2.24, 2.45) is 0 Å². The van der Waals surface area contributed by atoms with Gasteiger partial charge in [-0.05, 0) is 42.2 Å². The Kier molecular flexibility index (Phi) is 6.22. The van der Waals surface area contributed by atoms with E-state index in [0.717, 1.165) is 30.2 Å². The summed E-state index contributed by atoms with van der Waals surface area (Å²) in [5, 5.41) is 2.56. The minimum Gasteiger partial charge on any atom is -0.452 e. The highest BCUT2D eigenvalue weighted by atomic mass is 19.1. The van der Waals surface area contributed by atoms with E-state index in [1.807, 2.05) is 12.1 Å². The molecule has 0 aromatic heterocycles. The van der Waals surface area contributed by atoms with Crippen LogP contribution in [0.5, 0.6) is 0 Å². The molecule has 6 heteroatoms. The monoisotopic (exact) mass is 347 g/mol. The molecule has 0 bridgehead atoms. The van der Waals surface area contributed by atoms with Gasteiger partial charge in [0.1, 0.15) is 17.2 Å². The van der Waals surface area contributed by atoms with Gasteiger partial charge in [-0.3, -0.25) is 4.79 Å². The first-order chi connectivity index (χ1) is 11.9. The Hall–Kier alpha value is -2.76. The van der Waals surface area contributed by atoms with Crippen molar-refractivity contribution < 1.29 is 23.1 Å². The molecule has 0 saturated carbocycles. The molecule has 2 aromatic rings. The van der Waals surface area contributed by atoms with E-state index in [1.165, 1.54) is 0 Å². The number of esters is 1. The third kappa shape index (κ3) is 4.86. The summed E-state index contributed by atoms with van der Waals surface area (Å²) < 4.78 is 31.6. The van der Waals surface area contributed by atoms with Crippen molar-refractivity contribution in [3.8, 4) is 0 Å². The van der Waals surface area contributed by atoms with Crippen molar-refractivity contribution in [3.63, 3.8) is 0 Å². The number of carbonyl (C=O) groups excluding carboxylic acids is 2. The largest absolute Gasteiger partial charge is 0.452 e. The van der Waals surface area contributed by atoms with Crippen LogP contribution in [0.4, 0.5) is 14.5 Å². The van der Waals surface area contributed by atoms with Crippen LogP contribution in [-0.4, -0.2) is 18.5 Å². The van der Waals surface area contributed by atoms with Crippen LogP contribution in [0.2, 0.25) is 0 Å². The SMILES string of the molecule is CCC(C)c1ccc(NC(=O)COC(=O)c2c(F)cccc2F)cc1. The number of amides is 1. The molecular weight excluding hydrogens is 328 g/mol. The lowest BCUT2D eigenvalue weighted by Crippen LogP contribution is -2.22. The van der Waals surface area contributed by atoms with Crippen molar-refractivity contribution >= 4 is 17.6 Å². The summed E-state index contributed by atoms with van der Waals surface area (Å²) in [7, 11) is 0. The van der Waals surface area contributed by atoms with Crippen LogP contribution in [0.25, 0.3) is 0 Å². The summed E-state index contributed by atoms with van der Waals surface area (Å²) in [4.78, 5) is 23.5. The second-order valence-corrected chi connectivity index (χ2v) is 5.65. The highest BCUT2D eigenvalue weighted by molar-refractivity contribution is 5.95. The number of hydrogen-bond donors (Lipinski definition) is 1. The average molecular weight is 347 g/mol. The molecule has 25 heavy (non-hydrogen) atoms. The van der Waals surface area contributed by atoms with Crippen LogP contribution >= 0.6 is 0 Å². The summed E-state index contributed by atoms with van der Waals surface area (Å²) in [5.41, 5.74) is 0.889. The van der Waals surface area contributed by atoms with Crippen LogP contribution in [0, 0.1) is 11.6 Å². The van der Waals surface area contributed by atoms with Crippen molar-refractivity contribution in [2.45, 2.75) is 26.2 Å². The van der Waals surface area contributed by atoms with Gasteiger partial charge in [-0.1, -0.05) is 32.0 Å². The number of carbonyl (C=O) groups is 2. The second-order valence-electron chi connectivity index (χ2n) is 5.65. The molecule has 132 valence electrons. The Balaban J connectivity index is 1.91. The normalized spacial score (nSPS) is 11.7. The van der Waals surface area contributed by atoms with Crippen molar-refractivity contribution in [3.05, 3.63) is 65.2 Å². The highest BCUT2D eigenvalue weighted by Gasteiger charge is 2.19. The Morgan fingerprint density at radius 2 is 1.68 bits per heavy atom. The minimum atomic E-state index is -1.22. The maximum absolute atomic E-state index is 13.5. The zero-order valence-electron chi connectivity index (χ0n) is 14.0. The lowest BCUT2D eigenvalue weighted by atomic mass is 9.99. The van der Waals surface area contributed by atoms with Crippen LogP contribution in [0.3, 0.4) is 0 Å².